The summed E-state index contributed by atoms with van der Waals surface area (Å²) in [5.41, 5.74) is 2.09. The van der Waals surface area contributed by atoms with Gasteiger partial charge in [0.25, 0.3) is 5.91 Å². The number of benzene rings is 2. The number of nitrogens with zero attached hydrogens (tertiary/aromatic N) is 3. The van der Waals surface area contributed by atoms with E-state index in [4.69, 9.17) is 9.15 Å². The Morgan fingerprint density at radius 1 is 1.25 bits per heavy atom. The molecule has 1 amide bonds. The van der Waals surface area contributed by atoms with Crippen LogP contribution in [-0.4, -0.2) is 48.8 Å². The van der Waals surface area contributed by atoms with E-state index in [1.54, 1.807) is 24.1 Å². The number of amides is 1. The molecule has 2 aromatic carbocycles. The first kappa shape index (κ1) is 23.4. The zero-order valence-electron chi connectivity index (χ0n) is 19.3. The Hall–Kier alpha value is -4.36. The second-order valence-electron chi connectivity index (χ2n) is 8.45. The first-order valence-electron chi connectivity index (χ1n) is 11.2. The van der Waals surface area contributed by atoms with E-state index in [1.807, 2.05) is 54.6 Å². The van der Waals surface area contributed by atoms with Gasteiger partial charge < -0.3 is 14.5 Å². The lowest BCUT2D eigenvalue weighted by Gasteiger charge is -2.09. The van der Waals surface area contributed by atoms with Gasteiger partial charge in [-0.2, -0.15) is 10.4 Å². The Balaban J connectivity index is 1.57. The van der Waals surface area contributed by atoms with Crippen LogP contribution in [0.2, 0.25) is 0 Å². The van der Waals surface area contributed by atoms with Gasteiger partial charge in [-0.25, -0.2) is 13.1 Å². The first-order valence-corrected chi connectivity index (χ1v) is 13.0. The molecule has 1 aliphatic rings. The fourth-order valence-corrected chi connectivity index (χ4v) is 5.86. The zero-order valence-corrected chi connectivity index (χ0v) is 20.2. The Bertz CT molecular complexity index is 1630. The molecule has 1 fully saturated rings. The van der Waals surface area contributed by atoms with Crippen molar-refractivity contribution in [2.75, 3.05) is 18.6 Å². The second kappa shape index (κ2) is 9.36. The average Bonchev–Trinajstić information content (AvgIpc) is 3.58. The fourth-order valence-electron chi connectivity index (χ4n) is 4.19. The smallest absolute Gasteiger partial charge is 0.262 e. The number of aromatic nitrogens is 2. The number of sulfone groups is 1. The van der Waals surface area contributed by atoms with E-state index in [0.29, 0.717) is 34.8 Å². The van der Waals surface area contributed by atoms with Crippen molar-refractivity contribution in [3.05, 3.63) is 71.9 Å². The summed E-state index contributed by atoms with van der Waals surface area (Å²) in [6.45, 7) is 0. The molecule has 0 saturated carbocycles. The molecule has 10 heteroatoms. The molecule has 1 saturated heterocycles. The molecule has 1 aliphatic heterocycles. The predicted molar refractivity (Wildman–Crippen MR) is 134 cm³/mol. The van der Waals surface area contributed by atoms with Crippen molar-refractivity contribution in [3.63, 3.8) is 0 Å². The summed E-state index contributed by atoms with van der Waals surface area (Å²) in [7, 11) is -1.62. The monoisotopic (exact) mass is 502 g/mol. The van der Waals surface area contributed by atoms with E-state index in [0.717, 1.165) is 11.1 Å². The van der Waals surface area contributed by atoms with E-state index in [9.17, 15) is 18.5 Å². The van der Waals surface area contributed by atoms with Crippen LogP contribution in [0.5, 0.6) is 5.75 Å². The van der Waals surface area contributed by atoms with Crippen molar-refractivity contribution in [2.24, 2.45) is 0 Å². The van der Waals surface area contributed by atoms with Crippen LogP contribution in [0.4, 0.5) is 0 Å². The molecule has 0 bridgehead atoms. The highest BCUT2D eigenvalue weighted by Gasteiger charge is 2.30. The van der Waals surface area contributed by atoms with Crippen LogP contribution < -0.4 is 10.1 Å². The second-order valence-corrected chi connectivity index (χ2v) is 10.7. The van der Waals surface area contributed by atoms with Crippen LogP contribution in [0.15, 0.2) is 70.8 Å². The zero-order chi connectivity index (χ0) is 25.3. The third-order valence-corrected chi connectivity index (χ3v) is 7.73. The summed E-state index contributed by atoms with van der Waals surface area (Å²) >= 11 is 0. The van der Waals surface area contributed by atoms with E-state index in [-0.39, 0.29) is 17.1 Å². The van der Waals surface area contributed by atoms with Crippen molar-refractivity contribution in [2.45, 2.75) is 12.5 Å². The molecular weight excluding hydrogens is 480 g/mol. The SMILES string of the molecule is COc1cccc2cc(-c3nn(-c4ccccc4)cc3/C=C(/C#N)C(=O)NC3CCS(=O)(=O)C3)oc12. The molecule has 0 radical (unpaired) electrons. The molecule has 2 aromatic heterocycles. The van der Waals surface area contributed by atoms with Gasteiger partial charge in [-0.1, -0.05) is 30.3 Å². The molecule has 3 heterocycles. The van der Waals surface area contributed by atoms with Crippen LogP contribution >= 0.6 is 0 Å². The lowest BCUT2D eigenvalue weighted by molar-refractivity contribution is -0.117. The molecule has 9 nitrogen and oxygen atoms in total. The van der Waals surface area contributed by atoms with Gasteiger partial charge in [-0.05, 0) is 36.8 Å². The van der Waals surface area contributed by atoms with Gasteiger partial charge in [-0.15, -0.1) is 0 Å². The van der Waals surface area contributed by atoms with Crippen LogP contribution in [-0.2, 0) is 14.6 Å². The molecular formula is C26H22N4O5S. The molecule has 5 rings (SSSR count). The van der Waals surface area contributed by atoms with Crippen LogP contribution in [0, 0.1) is 11.3 Å². The fraction of sp³-hybridized carbons (Fsp3) is 0.192. The summed E-state index contributed by atoms with van der Waals surface area (Å²) in [4.78, 5) is 12.8. The van der Waals surface area contributed by atoms with Gasteiger partial charge >= 0.3 is 0 Å². The lowest BCUT2D eigenvalue weighted by Crippen LogP contribution is -2.36. The maximum Gasteiger partial charge on any atom is 0.262 e. The van der Waals surface area contributed by atoms with Gasteiger partial charge in [0, 0.05) is 23.2 Å². The third kappa shape index (κ3) is 4.61. The molecule has 4 aromatic rings. The quantitative estimate of drug-likeness (QED) is 0.316. The molecule has 0 spiro atoms. The van der Waals surface area contributed by atoms with Crippen LogP contribution in [0.3, 0.4) is 0 Å². The number of ether oxygens (including phenoxy) is 1. The first-order chi connectivity index (χ1) is 17.4. The van der Waals surface area contributed by atoms with Gasteiger partial charge in [-0.3, -0.25) is 4.79 Å². The standard InChI is InChI=1S/C26H22N4O5S/c1-34-22-9-5-6-17-13-23(35-25(17)22)24-19(15-30(29-24)21-7-3-2-4-8-21)12-18(14-27)26(31)28-20-10-11-36(32,33)16-20/h2-9,12-13,15,20H,10-11,16H2,1H3,(H,28,31)/b18-12-. The number of rotatable bonds is 6. The Morgan fingerprint density at radius 3 is 2.75 bits per heavy atom. The summed E-state index contributed by atoms with van der Waals surface area (Å²) in [6, 6.07) is 18.2. The van der Waals surface area contributed by atoms with Crippen molar-refractivity contribution in [1.29, 1.82) is 5.26 Å². The van der Waals surface area contributed by atoms with Crippen molar-refractivity contribution in [3.8, 4) is 29.0 Å². The number of nitrogens with one attached hydrogen (secondary N) is 1. The van der Waals surface area contributed by atoms with E-state index in [1.165, 1.54) is 6.08 Å². The van der Waals surface area contributed by atoms with E-state index in [2.05, 4.69) is 10.4 Å². The van der Waals surface area contributed by atoms with Crippen molar-refractivity contribution >= 4 is 32.8 Å². The van der Waals surface area contributed by atoms with Gasteiger partial charge in [0.2, 0.25) is 0 Å². The van der Waals surface area contributed by atoms with Crippen molar-refractivity contribution < 1.29 is 22.4 Å². The number of para-hydroxylation sites is 2. The van der Waals surface area contributed by atoms with Gasteiger partial charge in [0.05, 0.1) is 24.3 Å². The summed E-state index contributed by atoms with van der Waals surface area (Å²) in [5, 5.41) is 17.9. The van der Waals surface area contributed by atoms with Gasteiger partial charge in [0.15, 0.2) is 26.9 Å². The molecule has 1 N–H and O–H groups in total. The number of methoxy groups -OCH3 is 1. The molecule has 1 unspecified atom stereocenters. The van der Waals surface area contributed by atoms with Crippen LogP contribution in [0.25, 0.3) is 34.2 Å². The topological polar surface area (TPSA) is 127 Å². The average molecular weight is 503 g/mol. The minimum absolute atomic E-state index is 0.0209. The highest BCUT2D eigenvalue weighted by Crippen LogP contribution is 2.35. The van der Waals surface area contributed by atoms with Gasteiger partial charge in [0.1, 0.15) is 17.3 Å². The third-order valence-electron chi connectivity index (χ3n) is 5.96. The number of carbonyl (C=O) groups excluding carboxylic acids is 1. The molecule has 0 aliphatic carbocycles. The minimum atomic E-state index is -3.17. The number of furan rings is 1. The molecule has 1 atom stereocenters. The largest absolute Gasteiger partial charge is 0.493 e. The maximum absolute atomic E-state index is 12.8. The highest BCUT2D eigenvalue weighted by molar-refractivity contribution is 7.91. The molecule has 182 valence electrons. The number of hydrogen-bond donors (Lipinski definition) is 1. The molecule has 36 heavy (non-hydrogen) atoms. The Labute approximate surface area is 207 Å². The minimum Gasteiger partial charge on any atom is -0.493 e. The Kier molecular flexibility index (Phi) is 6.08. The summed E-state index contributed by atoms with van der Waals surface area (Å²) in [6.07, 6.45) is 3.47. The highest BCUT2D eigenvalue weighted by atomic mass is 32.2. The normalized spacial score (nSPS) is 17.1. The van der Waals surface area contributed by atoms with E-state index >= 15 is 0 Å². The van der Waals surface area contributed by atoms with E-state index < -0.39 is 21.8 Å². The maximum atomic E-state index is 12.8. The summed E-state index contributed by atoms with van der Waals surface area (Å²) < 4.78 is 36.6. The number of nitriles is 1. The number of carbonyl (C=O) groups is 1. The van der Waals surface area contributed by atoms with Crippen molar-refractivity contribution in [1.82, 2.24) is 15.1 Å². The predicted octanol–water partition coefficient (Wildman–Crippen LogP) is 3.50. The lowest BCUT2D eigenvalue weighted by atomic mass is 10.1. The number of fused-ring (bicyclic) bond motifs is 1. The summed E-state index contributed by atoms with van der Waals surface area (Å²) in [5.74, 6) is 0.268. The number of hydrogen-bond acceptors (Lipinski definition) is 7. The Morgan fingerprint density at radius 2 is 2.06 bits per heavy atom. The van der Waals surface area contributed by atoms with Crippen LogP contribution in [0.1, 0.15) is 12.0 Å².